The first-order valence-electron chi connectivity index (χ1n) is 3.92. The minimum atomic E-state index is -0.185. The van der Waals surface area contributed by atoms with Crippen molar-refractivity contribution in [2.24, 2.45) is 11.8 Å². The third kappa shape index (κ3) is 1.11. The summed E-state index contributed by atoms with van der Waals surface area (Å²) >= 11 is 0. The fourth-order valence-corrected chi connectivity index (χ4v) is 1.52. The van der Waals surface area contributed by atoms with Gasteiger partial charge in [0.2, 0.25) is 0 Å². The molecule has 2 rings (SSSR count). The molecule has 0 spiro atoms. The van der Waals surface area contributed by atoms with Gasteiger partial charge in [0.25, 0.3) is 0 Å². The molecule has 2 fully saturated rings. The van der Waals surface area contributed by atoms with Crippen LogP contribution in [-0.2, 0) is 0 Å². The van der Waals surface area contributed by atoms with Crippen LogP contribution in [0.5, 0.6) is 0 Å². The summed E-state index contributed by atoms with van der Waals surface area (Å²) in [6, 6.07) is 0. The largest absolute Gasteiger partial charge is 0.390 e. The van der Waals surface area contributed by atoms with Gasteiger partial charge in [0, 0.05) is 0 Å². The van der Waals surface area contributed by atoms with E-state index >= 15 is 0 Å². The molecule has 52 valence electrons. The Kier molecular flexibility index (Phi) is 0.963. The Labute approximate surface area is 56.1 Å². The van der Waals surface area contributed by atoms with E-state index < -0.39 is 0 Å². The molecular weight excluding hydrogens is 112 g/mol. The van der Waals surface area contributed by atoms with Crippen LogP contribution in [0.3, 0.4) is 0 Å². The Morgan fingerprint density at radius 2 is 2.11 bits per heavy atom. The molecular formula is C8H14O. The van der Waals surface area contributed by atoms with Crippen LogP contribution >= 0.6 is 0 Å². The molecule has 0 saturated heterocycles. The molecule has 0 radical (unpaired) electrons. The molecule has 0 aliphatic heterocycles. The predicted molar refractivity (Wildman–Crippen MR) is 36.1 cm³/mol. The van der Waals surface area contributed by atoms with Crippen molar-refractivity contribution >= 4 is 0 Å². The number of hydrogen-bond acceptors (Lipinski definition) is 1. The van der Waals surface area contributed by atoms with Crippen molar-refractivity contribution < 1.29 is 5.11 Å². The molecule has 0 aromatic rings. The van der Waals surface area contributed by atoms with Gasteiger partial charge >= 0.3 is 0 Å². The van der Waals surface area contributed by atoms with Crippen molar-refractivity contribution in [1.29, 1.82) is 0 Å². The third-order valence-electron chi connectivity index (χ3n) is 2.75. The Balaban J connectivity index is 1.79. The van der Waals surface area contributed by atoms with Gasteiger partial charge in [-0.3, -0.25) is 0 Å². The van der Waals surface area contributed by atoms with Crippen LogP contribution in [0.15, 0.2) is 0 Å². The summed E-state index contributed by atoms with van der Waals surface area (Å²) in [5, 5.41) is 9.46. The van der Waals surface area contributed by atoms with E-state index in [1.54, 1.807) is 0 Å². The topological polar surface area (TPSA) is 20.2 Å². The highest BCUT2D eigenvalue weighted by atomic mass is 16.3. The molecule has 2 unspecified atom stereocenters. The average molecular weight is 126 g/mol. The van der Waals surface area contributed by atoms with E-state index in [-0.39, 0.29) is 5.60 Å². The van der Waals surface area contributed by atoms with Gasteiger partial charge in [-0.2, -0.15) is 0 Å². The fourth-order valence-electron chi connectivity index (χ4n) is 1.52. The first kappa shape index (κ1) is 5.72. The highest BCUT2D eigenvalue weighted by molar-refractivity contribution is 4.99. The van der Waals surface area contributed by atoms with Crippen LogP contribution < -0.4 is 0 Å². The van der Waals surface area contributed by atoms with E-state index in [9.17, 15) is 5.11 Å². The minimum absolute atomic E-state index is 0.185. The summed E-state index contributed by atoms with van der Waals surface area (Å²) in [5.41, 5.74) is -0.185. The SMILES string of the molecule is CC1CC1CC1(O)CC1. The van der Waals surface area contributed by atoms with Gasteiger partial charge in [-0.25, -0.2) is 0 Å². The van der Waals surface area contributed by atoms with Gasteiger partial charge in [-0.1, -0.05) is 6.92 Å². The molecule has 2 atom stereocenters. The van der Waals surface area contributed by atoms with Crippen LogP contribution in [0, 0.1) is 11.8 Å². The van der Waals surface area contributed by atoms with E-state index in [4.69, 9.17) is 0 Å². The van der Waals surface area contributed by atoms with Crippen LogP contribution in [0.2, 0.25) is 0 Å². The summed E-state index contributed by atoms with van der Waals surface area (Å²) in [7, 11) is 0. The van der Waals surface area contributed by atoms with Crippen molar-refractivity contribution in [3.05, 3.63) is 0 Å². The molecule has 0 heterocycles. The normalized spacial score (nSPS) is 44.7. The fraction of sp³-hybridized carbons (Fsp3) is 1.00. The second-order valence-corrected chi connectivity index (χ2v) is 3.90. The first-order valence-corrected chi connectivity index (χ1v) is 3.92. The van der Waals surface area contributed by atoms with E-state index in [0.29, 0.717) is 0 Å². The van der Waals surface area contributed by atoms with E-state index in [0.717, 1.165) is 31.1 Å². The van der Waals surface area contributed by atoms with E-state index in [1.807, 2.05) is 0 Å². The van der Waals surface area contributed by atoms with Crippen LogP contribution in [0.25, 0.3) is 0 Å². The summed E-state index contributed by atoms with van der Waals surface area (Å²) in [6.45, 7) is 2.27. The van der Waals surface area contributed by atoms with Crippen LogP contribution in [-0.4, -0.2) is 10.7 Å². The van der Waals surface area contributed by atoms with Crippen molar-refractivity contribution in [1.82, 2.24) is 0 Å². The first-order chi connectivity index (χ1) is 4.20. The van der Waals surface area contributed by atoms with Crippen molar-refractivity contribution in [3.8, 4) is 0 Å². The summed E-state index contributed by atoms with van der Waals surface area (Å²) in [5.74, 6) is 1.78. The van der Waals surface area contributed by atoms with Gasteiger partial charge in [-0.05, 0) is 37.5 Å². The lowest BCUT2D eigenvalue weighted by atomic mass is 10.1. The molecule has 0 amide bonds. The van der Waals surface area contributed by atoms with Gasteiger partial charge in [0.05, 0.1) is 5.60 Å². The number of aliphatic hydroxyl groups is 1. The van der Waals surface area contributed by atoms with Crippen LogP contribution in [0.1, 0.15) is 32.6 Å². The Morgan fingerprint density at radius 3 is 2.44 bits per heavy atom. The summed E-state index contributed by atoms with van der Waals surface area (Å²) in [6.07, 6.45) is 4.59. The molecule has 2 aliphatic rings. The number of hydrogen-bond donors (Lipinski definition) is 1. The van der Waals surface area contributed by atoms with E-state index in [1.165, 1.54) is 6.42 Å². The molecule has 1 nitrogen and oxygen atoms in total. The maximum absolute atomic E-state index is 9.46. The maximum atomic E-state index is 9.46. The van der Waals surface area contributed by atoms with E-state index in [2.05, 4.69) is 6.92 Å². The third-order valence-corrected chi connectivity index (χ3v) is 2.75. The zero-order valence-corrected chi connectivity index (χ0v) is 5.93. The monoisotopic (exact) mass is 126 g/mol. The minimum Gasteiger partial charge on any atom is -0.390 e. The molecule has 2 aliphatic carbocycles. The molecule has 0 aromatic heterocycles. The predicted octanol–water partition coefficient (Wildman–Crippen LogP) is 1.56. The zero-order chi connectivity index (χ0) is 6.48. The lowest BCUT2D eigenvalue weighted by Gasteiger charge is -2.03. The highest BCUT2D eigenvalue weighted by Crippen LogP contribution is 2.50. The van der Waals surface area contributed by atoms with Crippen molar-refractivity contribution in [2.45, 2.75) is 38.2 Å². The Morgan fingerprint density at radius 1 is 1.56 bits per heavy atom. The lowest BCUT2D eigenvalue weighted by molar-refractivity contribution is 0.131. The highest BCUT2D eigenvalue weighted by Gasteiger charge is 2.47. The number of rotatable bonds is 2. The van der Waals surface area contributed by atoms with Gasteiger partial charge in [0.15, 0.2) is 0 Å². The zero-order valence-electron chi connectivity index (χ0n) is 5.93. The second kappa shape index (κ2) is 1.51. The standard InChI is InChI=1S/C8H14O/c1-6-4-7(6)5-8(9)2-3-8/h6-7,9H,2-5H2,1H3. The van der Waals surface area contributed by atoms with Crippen LogP contribution in [0.4, 0.5) is 0 Å². The van der Waals surface area contributed by atoms with Gasteiger partial charge in [0.1, 0.15) is 0 Å². The molecule has 1 N–H and O–H groups in total. The summed E-state index contributed by atoms with van der Waals surface area (Å²) < 4.78 is 0. The van der Waals surface area contributed by atoms with Crippen molar-refractivity contribution in [2.75, 3.05) is 0 Å². The molecule has 2 saturated carbocycles. The Bertz CT molecular complexity index is 127. The van der Waals surface area contributed by atoms with Crippen molar-refractivity contribution in [3.63, 3.8) is 0 Å². The summed E-state index contributed by atoms with van der Waals surface area (Å²) in [4.78, 5) is 0. The average Bonchev–Trinajstić information content (AvgIpc) is 2.58. The quantitative estimate of drug-likeness (QED) is 0.595. The Hall–Kier alpha value is -0.0400. The van der Waals surface area contributed by atoms with Gasteiger partial charge < -0.3 is 5.11 Å². The molecule has 1 heteroatoms. The lowest BCUT2D eigenvalue weighted by Crippen LogP contribution is -2.07. The smallest absolute Gasteiger partial charge is 0.0652 e. The molecule has 0 bridgehead atoms. The second-order valence-electron chi connectivity index (χ2n) is 3.90. The molecule has 9 heavy (non-hydrogen) atoms. The maximum Gasteiger partial charge on any atom is 0.0652 e. The molecule has 0 aromatic carbocycles. The van der Waals surface area contributed by atoms with Gasteiger partial charge in [-0.15, -0.1) is 0 Å².